The first-order valence-electron chi connectivity index (χ1n) is 11.3. The van der Waals surface area contributed by atoms with Gasteiger partial charge >= 0.3 is 6.03 Å². The van der Waals surface area contributed by atoms with Gasteiger partial charge in [0.1, 0.15) is 0 Å². The molecule has 7 heteroatoms. The predicted molar refractivity (Wildman–Crippen MR) is 130 cm³/mol. The molecule has 2 fully saturated rings. The number of benzene rings is 2. The summed E-state index contributed by atoms with van der Waals surface area (Å²) in [7, 11) is 0. The fourth-order valence-electron chi connectivity index (χ4n) is 4.36. The predicted octanol–water partition coefficient (Wildman–Crippen LogP) is 5.47. The largest absolute Gasteiger partial charge is 0.325 e. The number of likely N-dealkylation sites (tertiary alicyclic amines) is 2. The Morgan fingerprint density at radius 2 is 1.76 bits per heavy atom. The Morgan fingerprint density at radius 1 is 1.06 bits per heavy atom. The minimum atomic E-state index is -0.287. The summed E-state index contributed by atoms with van der Waals surface area (Å²) in [4.78, 5) is 29.3. The molecule has 2 saturated heterocycles. The topological polar surface area (TPSA) is 76.4 Å². The third-order valence-corrected chi connectivity index (χ3v) is 6.55. The third-order valence-electron chi connectivity index (χ3n) is 6.33. The van der Waals surface area contributed by atoms with E-state index in [2.05, 4.69) is 17.5 Å². The Morgan fingerprint density at radius 3 is 2.45 bits per heavy atom. The van der Waals surface area contributed by atoms with Crippen LogP contribution in [0.3, 0.4) is 0 Å². The molecule has 0 saturated carbocycles. The molecule has 2 aromatic carbocycles. The molecule has 2 aromatic rings. The van der Waals surface area contributed by atoms with Gasteiger partial charge in [0.05, 0.1) is 11.6 Å². The quantitative estimate of drug-likeness (QED) is 0.657. The summed E-state index contributed by atoms with van der Waals surface area (Å²) in [6, 6.07) is 12.4. The molecule has 0 aromatic heterocycles. The van der Waals surface area contributed by atoms with E-state index in [1.807, 2.05) is 22.8 Å². The summed E-state index contributed by atoms with van der Waals surface area (Å²) in [5.41, 5.74) is 4.65. The highest BCUT2D eigenvalue weighted by Crippen LogP contribution is 2.29. The zero-order valence-electron chi connectivity index (χ0n) is 18.7. The molecule has 170 valence electrons. The first-order chi connectivity index (χ1) is 15.9. The molecule has 6 nitrogen and oxygen atoms in total. The van der Waals surface area contributed by atoms with Gasteiger partial charge in [0, 0.05) is 42.5 Å². The van der Waals surface area contributed by atoms with Crippen molar-refractivity contribution in [1.29, 1.82) is 5.26 Å². The van der Waals surface area contributed by atoms with E-state index in [0.717, 1.165) is 63.0 Å². The maximum atomic E-state index is 12.7. The standard InChI is InChI=1S/C26H27ClN4O2/c1-18-22(13-19-7-11-31(12-8-19)26(33)30-9-2-3-10-30)15-23(27)16-24(18)29-25(32)21-6-4-5-20(14-21)17-28/h4-6,13-16H,2-3,7-12H2,1H3,(H,29,32). The van der Waals surface area contributed by atoms with Crippen LogP contribution in [0.1, 0.15) is 52.7 Å². The van der Waals surface area contributed by atoms with E-state index in [9.17, 15) is 9.59 Å². The van der Waals surface area contributed by atoms with E-state index in [1.165, 1.54) is 5.57 Å². The van der Waals surface area contributed by atoms with E-state index in [1.54, 1.807) is 30.3 Å². The van der Waals surface area contributed by atoms with Gasteiger partial charge in [-0.15, -0.1) is 0 Å². The van der Waals surface area contributed by atoms with Gasteiger partial charge in [-0.1, -0.05) is 29.3 Å². The minimum absolute atomic E-state index is 0.163. The van der Waals surface area contributed by atoms with Gasteiger partial charge in [0.15, 0.2) is 0 Å². The van der Waals surface area contributed by atoms with Crippen LogP contribution in [0.2, 0.25) is 5.02 Å². The van der Waals surface area contributed by atoms with Crippen molar-refractivity contribution < 1.29 is 9.59 Å². The van der Waals surface area contributed by atoms with Crippen LogP contribution < -0.4 is 5.32 Å². The first kappa shape index (κ1) is 22.9. The van der Waals surface area contributed by atoms with Crippen molar-refractivity contribution in [1.82, 2.24) is 9.80 Å². The highest BCUT2D eigenvalue weighted by molar-refractivity contribution is 6.31. The Labute approximate surface area is 199 Å². The zero-order valence-corrected chi connectivity index (χ0v) is 19.5. The van der Waals surface area contributed by atoms with Crippen molar-refractivity contribution >= 4 is 35.3 Å². The van der Waals surface area contributed by atoms with Gasteiger partial charge in [-0.25, -0.2) is 4.79 Å². The minimum Gasteiger partial charge on any atom is -0.325 e. The van der Waals surface area contributed by atoms with Crippen molar-refractivity contribution in [2.24, 2.45) is 0 Å². The number of nitrogens with one attached hydrogen (secondary N) is 1. The molecule has 0 bridgehead atoms. The molecule has 33 heavy (non-hydrogen) atoms. The van der Waals surface area contributed by atoms with Crippen LogP contribution in [0.15, 0.2) is 42.0 Å². The lowest BCUT2D eigenvalue weighted by atomic mass is 9.98. The van der Waals surface area contributed by atoms with Crippen LogP contribution in [0.4, 0.5) is 10.5 Å². The molecule has 0 radical (unpaired) electrons. The smallest absolute Gasteiger partial charge is 0.320 e. The van der Waals surface area contributed by atoms with Gasteiger partial charge in [-0.3, -0.25) is 4.79 Å². The zero-order chi connectivity index (χ0) is 23.4. The SMILES string of the molecule is Cc1c(C=C2CCN(C(=O)N3CCCC3)CC2)cc(Cl)cc1NC(=O)c1cccc(C#N)c1. The summed E-state index contributed by atoms with van der Waals surface area (Å²) < 4.78 is 0. The van der Waals surface area contributed by atoms with E-state index in [0.29, 0.717) is 21.8 Å². The number of anilines is 1. The van der Waals surface area contributed by atoms with Crippen LogP contribution >= 0.6 is 11.6 Å². The molecule has 0 unspecified atom stereocenters. The summed E-state index contributed by atoms with van der Waals surface area (Å²) >= 11 is 6.37. The van der Waals surface area contributed by atoms with Crippen LogP contribution in [0.25, 0.3) is 6.08 Å². The first-order valence-corrected chi connectivity index (χ1v) is 11.7. The Balaban J connectivity index is 1.47. The fourth-order valence-corrected chi connectivity index (χ4v) is 4.59. The van der Waals surface area contributed by atoms with Crippen LogP contribution in [0, 0.1) is 18.3 Å². The Bertz CT molecular complexity index is 1140. The van der Waals surface area contributed by atoms with Gasteiger partial charge in [0.25, 0.3) is 5.91 Å². The van der Waals surface area contributed by atoms with Gasteiger partial charge < -0.3 is 15.1 Å². The average Bonchev–Trinajstić information content (AvgIpc) is 3.37. The maximum absolute atomic E-state index is 12.7. The molecular weight excluding hydrogens is 436 g/mol. The highest BCUT2D eigenvalue weighted by atomic mass is 35.5. The number of hydrogen-bond donors (Lipinski definition) is 1. The fraction of sp³-hybridized carbons (Fsp3) is 0.346. The lowest BCUT2D eigenvalue weighted by molar-refractivity contribution is 0.102. The number of halogens is 1. The van der Waals surface area contributed by atoms with Gasteiger partial charge in [-0.05, 0) is 74.1 Å². The maximum Gasteiger partial charge on any atom is 0.320 e. The molecular formula is C26H27ClN4O2. The lowest BCUT2D eigenvalue weighted by Crippen LogP contribution is -2.44. The van der Waals surface area contributed by atoms with E-state index in [-0.39, 0.29) is 11.9 Å². The molecule has 0 spiro atoms. The number of nitriles is 1. The second-order valence-corrected chi connectivity index (χ2v) is 9.02. The molecule has 1 N–H and O–H groups in total. The van der Waals surface area contributed by atoms with Gasteiger partial charge in [-0.2, -0.15) is 5.26 Å². The molecule has 2 aliphatic heterocycles. The van der Waals surface area contributed by atoms with Crippen LogP contribution in [0.5, 0.6) is 0 Å². The highest BCUT2D eigenvalue weighted by Gasteiger charge is 2.25. The third kappa shape index (κ3) is 5.37. The van der Waals surface area contributed by atoms with Crippen LogP contribution in [-0.4, -0.2) is 47.9 Å². The lowest BCUT2D eigenvalue weighted by Gasteiger charge is -2.32. The van der Waals surface area contributed by atoms with Crippen molar-refractivity contribution in [3.8, 4) is 6.07 Å². The number of carbonyl (C=O) groups excluding carboxylic acids is 2. The summed E-state index contributed by atoms with van der Waals surface area (Å²) in [5.74, 6) is -0.287. The van der Waals surface area contributed by atoms with Crippen molar-refractivity contribution in [3.63, 3.8) is 0 Å². The Kier molecular flexibility index (Phi) is 7.00. The van der Waals surface area contributed by atoms with Crippen molar-refractivity contribution in [2.45, 2.75) is 32.6 Å². The van der Waals surface area contributed by atoms with E-state index in [4.69, 9.17) is 16.9 Å². The van der Waals surface area contributed by atoms with E-state index >= 15 is 0 Å². The second kappa shape index (κ2) is 10.1. The molecule has 2 aliphatic rings. The monoisotopic (exact) mass is 462 g/mol. The second-order valence-electron chi connectivity index (χ2n) is 8.58. The van der Waals surface area contributed by atoms with E-state index < -0.39 is 0 Å². The van der Waals surface area contributed by atoms with Crippen LogP contribution in [-0.2, 0) is 0 Å². The Hall–Kier alpha value is -3.30. The number of rotatable bonds is 3. The number of amides is 3. The molecule has 0 atom stereocenters. The number of nitrogens with zero attached hydrogens (tertiary/aromatic N) is 3. The molecule has 3 amide bonds. The number of piperidine rings is 1. The summed E-state index contributed by atoms with van der Waals surface area (Å²) in [5, 5.41) is 12.5. The summed E-state index contributed by atoms with van der Waals surface area (Å²) in [6.07, 6.45) is 5.98. The molecule has 0 aliphatic carbocycles. The number of carbonyl (C=O) groups is 2. The molecule has 2 heterocycles. The number of hydrogen-bond acceptors (Lipinski definition) is 3. The van der Waals surface area contributed by atoms with Gasteiger partial charge in [0.2, 0.25) is 0 Å². The molecule has 4 rings (SSSR count). The number of urea groups is 1. The normalized spacial score (nSPS) is 15.8. The van der Waals surface area contributed by atoms with Crippen molar-refractivity contribution in [3.05, 3.63) is 69.2 Å². The average molecular weight is 463 g/mol. The van der Waals surface area contributed by atoms with Crippen molar-refractivity contribution in [2.75, 3.05) is 31.5 Å². The summed E-state index contributed by atoms with van der Waals surface area (Å²) in [6.45, 7) is 5.14.